The number of nitriles is 1. The third-order valence-corrected chi connectivity index (χ3v) is 5.66. The third-order valence-electron chi connectivity index (χ3n) is 5.66. The molecule has 1 unspecified atom stereocenters. The highest BCUT2D eigenvalue weighted by Crippen LogP contribution is 2.43. The monoisotopic (exact) mass is 455 g/mol. The van der Waals surface area contributed by atoms with Crippen molar-refractivity contribution in [3.63, 3.8) is 0 Å². The lowest BCUT2D eigenvalue weighted by Crippen LogP contribution is -2.21. The van der Waals surface area contributed by atoms with Crippen molar-refractivity contribution in [2.75, 3.05) is 0 Å². The van der Waals surface area contributed by atoms with E-state index in [0.717, 1.165) is 5.56 Å². The molecule has 1 aliphatic rings. The number of rotatable bonds is 5. The lowest BCUT2D eigenvalue weighted by molar-refractivity contribution is -0.385. The Bertz CT molecular complexity index is 1350. The molecular weight excluding hydrogens is 434 g/mol. The van der Waals surface area contributed by atoms with Crippen molar-refractivity contribution in [1.29, 1.82) is 5.26 Å². The molecule has 34 heavy (non-hydrogen) atoms. The molecule has 1 heterocycles. The predicted octanol–water partition coefficient (Wildman–Crippen LogP) is 5.16. The zero-order chi connectivity index (χ0) is 24.4. The van der Waals surface area contributed by atoms with Crippen LogP contribution in [0.3, 0.4) is 0 Å². The van der Waals surface area contributed by atoms with Crippen LogP contribution in [0.5, 0.6) is 11.5 Å². The highest BCUT2D eigenvalue weighted by Gasteiger charge is 2.31. The Hall–Kier alpha value is -4.64. The maximum Gasteiger partial charge on any atom is 0.350 e. The number of allylic oxidation sites excluding steroid dienone is 1. The number of fused-ring (bicyclic) bond motifs is 1. The summed E-state index contributed by atoms with van der Waals surface area (Å²) >= 11 is 0. The van der Waals surface area contributed by atoms with Crippen LogP contribution in [0.2, 0.25) is 0 Å². The Morgan fingerprint density at radius 2 is 1.85 bits per heavy atom. The van der Waals surface area contributed by atoms with E-state index in [2.05, 4.69) is 19.9 Å². The number of para-hydroxylation sites is 1. The molecule has 0 fully saturated rings. The van der Waals surface area contributed by atoms with Gasteiger partial charge in [-0.15, -0.1) is 0 Å². The van der Waals surface area contributed by atoms with Crippen LogP contribution in [0, 0.1) is 21.4 Å². The maximum absolute atomic E-state index is 12.6. The molecule has 8 nitrogen and oxygen atoms in total. The first-order valence-electron chi connectivity index (χ1n) is 10.6. The smallest absolute Gasteiger partial charge is 0.350 e. The minimum atomic E-state index is -0.870. The SMILES string of the molecule is CC(C)c1ccc(C2C(C#N)=C(N)Oc3cc(OC(=O)c4ccccc4[N+](=O)[O-])ccc32)cc1. The number of benzene rings is 3. The molecule has 1 aliphatic heterocycles. The van der Waals surface area contributed by atoms with Gasteiger partial charge < -0.3 is 15.2 Å². The molecule has 0 aliphatic carbocycles. The highest BCUT2D eigenvalue weighted by molar-refractivity contribution is 5.95. The molecule has 0 spiro atoms. The van der Waals surface area contributed by atoms with E-state index in [1.54, 1.807) is 12.1 Å². The number of ether oxygens (including phenoxy) is 2. The summed E-state index contributed by atoms with van der Waals surface area (Å²) in [5, 5.41) is 21.0. The number of nitrogens with zero attached hydrogens (tertiary/aromatic N) is 2. The van der Waals surface area contributed by atoms with Gasteiger partial charge in [-0.3, -0.25) is 10.1 Å². The summed E-state index contributed by atoms with van der Waals surface area (Å²) in [4.78, 5) is 23.2. The molecule has 2 N–H and O–H groups in total. The average molecular weight is 455 g/mol. The van der Waals surface area contributed by atoms with Crippen LogP contribution in [0.1, 0.15) is 52.7 Å². The van der Waals surface area contributed by atoms with Gasteiger partial charge in [0.25, 0.3) is 5.69 Å². The summed E-state index contributed by atoms with van der Waals surface area (Å²) in [6, 6.07) is 20.4. The van der Waals surface area contributed by atoms with E-state index in [-0.39, 0.29) is 28.5 Å². The maximum atomic E-state index is 12.6. The number of nitrogens with two attached hydrogens (primary N) is 1. The number of nitro benzene ring substituents is 1. The van der Waals surface area contributed by atoms with Crippen LogP contribution >= 0.6 is 0 Å². The number of hydrogen-bond acceptors (Lipinski definition) is 7. The lowest BCUT2D eigenvalue weighted by Gasteiger charge is -2.27. The molecule has 8 heteroatoms. The van der Waals surface area contributed by atoms with Crippen LogP contribution in [-0.2, 0) is 0 Å². The van der Waals surface area contributed by atoms with Crippen LogP contribution < -0.4 is 15.2 Å². The van der Waals surface area contributed by atoms with E-state index < -0.39 is 16.8 Å². The van der Waals surface area contributed by atoms with Crippen molar-refractivity contribution in [3.8, 4) is 17.6 Å². The molecule has 4 rings (SSSR count). The average Bonchev–Trinajstić information content (AvgIpc) is 2.83. The quantitative estimate of drug-likeness (QED) is 0.244. The van der Waals surface area contributed by atoms with Gasteiger partial charge in [0.1, 0.15) is 28.7 Å². The second-order valence-electron chi connectivity index (χ2n) is 8.11. The van der Waals surface area contributed by atoms with Crippen LogP contribution in [0.4, 0.5) is 5.69 Å². The first kappa shape index (κ1) is 22.6. The van der Waals surface area contributed by atoms with Crippen LogP contribution in [0.15, 0.2) is 78.2 Å². The first-order valence-corrected chi connectivity index (χ1v) is 10.6. The van der Waals surface area contributed by atoms with Crippen molar-refractivity contribution < 1.29 is 19.2 Å². The van der Waals surface area contributed by atoms with Gasteiger partial charge in [0.15, 0.2) is 0 Å². The van der Waals surface area contributed by atoms with Gasteiger partial charge in [-0.05, 0) is 29.2 Å². The van der Waals surface area contributed by atoms with Gasteiger partial charge in [0.2, 0.25) is 5.88 Å². The van der Waals surface area contributed by atoms with E-state index in [1.807, 2.05) is 24.3 Å². The number of carbonyl (C=O) groups excluding carboxylic acids is 1. The summed E-state index contributed by atoms with van der Waals surface area (Å²) < 4.78 is 11.1. The molecule has 0 saturated heterocycles. The Labute approximate surface area is 196 Å². The Morgan fingerprint density at radius 1 is 1.15 bits per heavy atom. The molecule has 3 aromatic carbocycles. The van der Waals surface area contributed by atoms with Gasteiger partial charge >= 0.3 is 5.97 Å². The van der Waals surface area contributed by atoms with E-state index in [4.69, 9.17) is 15.2 Å². The molecule has 0 bridgehead atoms. The third kappa shape index (κ3) is 4.19. The fourth-order valence-electron chi connectivity index (χ4n) is 3.88. The van der Waals surface area contributed by atoms with Crippen molar-refractivity contribution in [3.05, 3.63) is 111 Å². The van der Waals surface area contributed by atoms with E-state index >= 15 is 0 Å². The molecule has 0 amide bonds. The Kier molecular flexibility index (Phi) is 6.02. The van der Waals surface area contributed by atoms with Gasteiger partial charge in [-0.1, -0.05) is 56.3 Å². The van der Waals surface area contributed by atoms with Crippen LogP contribution in [0.25, 0.3) is 0 Å². The lowest BCUT2D eigenvalue weighted by atomic mass is 9.83. The van der Waals surface area contributed by atoms with Gasteiger partial charge in [0, 0.05) is 17.7 Å². The molecule has 170 valence electrons. The molecular formula is C26H21N3O5. The van der Waals surface area contributed by atoms with Gasteiger partial charge in [0.05, 0.1) is 10.8 Å². The number of carbonyl (C=O) groups is 1. The second-order valence-corrected chi connectivity index (χ2v) is 8.11. The molecule has 1 atom stereocenters. The summed E-state index contributed by atoms with van der Waals surface area (Å²) in [5.74, 6) is -0.522. The van der Waals surface area contributed by atoms with Gasteiger partial charge in [-0.2, -0.15) is 5.26 Å². The molecule has 0 saturated carbocycles. The van der Waals surface area contributed by atoms with Crippen molar-refractivity contribution in [2.45, 2.75) is 25.7 Å². The standard InChI is InChI=1S/C26H21N3O5/c1-15(2)16-7-9-17(10-8-16)24-20-12-11-18(13-23(20)34-25(28)21(24)14-27)33-26(30)19-5-3-4-6-22(19)29(31)32/h3-13,15,24H,28H2,1-2H3. The van der Waals surface area contributed by atoms with Crippen LogP contribution in [-0.4, -0.2) is 10.9 Å². The first-order chi connectivity index (χ1) is 16.3. The normalized spacial score (nSPS) is 14.7. The van der Waals surface area contributed by atoms with Gasteiger partial charge in [-0.25, -0.2) is 4.79 Å². The fourth-order valence-corrected chi connectivity index (χ4v) is 3.88. The minimum absolute atomic E-state index is 0.0323. The predicted molar refractivity (Wildman–Crippen MR) is 124 cm³/mol. The summed E-state index contributed by atoms with van der Waals surface area (Å²) in [6.07, 6.45) is 0. The number of hydrogen-bond donors (Lipinski definition) is 1. The Balaban J connectivity index is 1.69. The number of nitro groups is 1. The number of esters is 1. The molecule has 0 aromatic heterocycles. The molecule has 0 radical (unpaired) electrons. The fraction of sp³-hybridized carbons (Fsp3) is 0.154. The zero-order valence-electron chi connectivity index (χ0n) is 18.5. The summed E-state index contributed by atoms with van der Waals surface area (Å²) in [7, 11) is 0. The summed E-state index contributed by atoms with van der Waals surface area (Å²) in [6.45, 7) is 4.20. The highest BCUT2D eigenvalue weighted by atomic mass is 16.6. The van der Waals surface area contributed by atoms with Crippen molar-refractivity contribution >= 4 is 11.7 Å². The van der Waals surface area contributed by atoms with E-state index in [0.29, 0.717) is 17.2 Å². The molecule has 3 aromatic rings. The van der Waals surface area contributed by atoms with E-state index in [1.165, 1.54) is 35.9 Å². The zero-order valence-corrected chi connectivity index (χ0v) is 18.5. The topological polar surface area (TPSA) is 128 Å². The Morgan fingerprint density at radius 3 is 2.50 bits per heavy atom. The van der Waals surface area contributed by atoms with Crippen molar-refractivity contribution in [2.24, 2.45) is 5.73 Å². The largest absolute Gasteiger partial charge is 0.440 e. The minimum Gasteiger partial charge on any atom is -0.440 e. The van der Waals surface area contributed by atoms with E-state index in [9.17, 15) is 20.2 Å². The van der Waals surface area contributed by atoms with Crippen molar-refractivity contribution in [1.82, 2.24) is 0 Å². The second kappa shape index (κ2) is 9.08. The summed E-state index contributed by atoms with van der Waals surface area (Å²) in [5.41, 5.74) is 8.56.